The molecule has 0 radical (unpaired) electrons. The fourth-order valence-electron chi connectivity index (χ4n) is 2.57. The van der Waals surface area contributed by atoms with Crippen LogP contribution in [0.4, 0.5) is 0 Å². The summed E-state index contributed by atoms with van der Waals surface area (Å²) in [6, 6.07) is 18.1. The monoisotopic (exact) mass is 341 g/mol. The predicted molar refractivity (Wildman–Crippen MR) is 102 cm³/mol. The zero-order chi connectivity index (χ0) is 17.9. The molecule has 134 valence electrons. The van der Waals surface area contributed by atoms with Crippen LogP contribution in [0.15, 0.2) is 59.6 Å². The smallest absolute Gasteiger partial charge is 0.191 e. The lowest BCUT2D eigenvalue weighted by Crippen LogP contribution is -2.40. The minimum atomic E-state index is 0.0429. The Labute approximate surface area is 149 Å². The van der Waals surface area contributed by atoms with Crippen molar-refractivity contribution in [2.24, 2.45) is 4.99 Å². The van der Waals surface area contributed by atoms with E-state index in [-0.39, 0.29) is 12.5 Å². The molecule has 0 saturated heterocycles. The van der Waals surface area contributed by atoms with Gasteiger partial charge in [0.25, 0.3) is 0 Å². The van der Waals surface area contributed by atoms with Gasteiger partial charge in [-0.1, -0.05) is 42.5 Å². The molecule has 2 aromatic carbocycles. The first-order valence-corrected chi connectivity index (χ1v) is 8.50. The molecule has 1 atom stereocenters. The van der Waals surface area contributed by atoms with E-state index < -0.39 is 0 Å². The van der Waals surface area contributed by atoms with Gasteiger partial charge in [0.1, 0.15) is 5.75 Å². The highest BCUT2D eigenvalue weighted by molar-refractivity contribution is 5.79. The number of aliphatic hydroxyl groups is 1. The van der Waals surface area contributed by atoms with Crippen molar-refractivity contribution in [2.45, 2.75) is 12.3 Å². The highest BCUT2D eigenvalue weighted by Crippen LogP contribution is 2.13. The second-order valence-corrected chi connectivity index (χ2v) is 5.77. The summed E-state index contributed by atoms with van der Waals surface area (Å²) in [6.07, 6.45) is 0.896. The molecule has 0 fully saturated rings. The van der Waals surface area contributed by atoms with E-state index in [1.54, 1.807) is 14.2 Å². The number of hydrogen-bond acceptors (Lipinski definition) is 3. The van der Waals surface area contributed by atoms with Crippen molar-refractivity contribution in [1.82, 2.24) is 10.6 Å². The molecule has 5 nitrogen and oxygen atoms in total. The van der Waals surface area contributed by atoms with Gasteiger partial charge in [-0.15, -0.1) is 0 Å². The van der Waals surface area contributed by atoms with Crippen molar-refractivity contribution in [1.29, 1.82) is 0 Å². The second kappa shape index (κ2) is 10.4. The Bertz CT molecular complexity index is 642. The van der Waals surface area contributed by atoms with Gasteiger partial charge in [0, 0.05) is 26.1 Å². The first kappa shape index (κ1) is 18.8. The van der Waals surface area contributed by atoms with E-state index in [9.17, 15) is 5.11 Å². The normalized spacial score (nSPS) is 12.5. The minimum absolute atomic E-state index is 0.0429. The van der Waals surface area contributed by atoms with E-state index >= 15 is 0 Å². The Hall–Kier alpha value is -2.53. The van der Waals surface area contributed by atoms with Gasteiger partial charge in [0.2, 0.25) is 0 Å². The zero-order valence-electron chi connectivity index (χ0n) is 14.9. The van der Waals surface area contributed by atoms with Crippen molar-refractivity contribution in [3.05, 3.63) is 65.7 Å². The second-order valence-electron chi connectivity index (χ2n) is 5.77. The number of rotatable bonds is 8. The maximum atomic E-state index is 9.62. The van der Waals surface area contributed by atoms with Crippen LogP contribution in [0.25, 0.3) is 0 Å². The summed E-state index contributed by atoms with van der Waals surface area (Å²) in [4.78, 5) is 4.24. The van der Waals surface area contributed by atoms with Gasteiger partial charge in [-0.2, -0.15) is 0 Å². The van der Waals surface area contributed by atoms with Crippen molar-refractivity contribution < 1.29 is 9.84 Å². The molecule has 0 aliphatic heterocycles. The van der Waals surface area contributed by atoms with E-state index in [0.29, 0.717) is 6.54 Å². The Morgan fingerprint density at radius 3 is 2.40 bits per heavy atom. The van der Waals surface area contributed by atoms with Crippen molar-refractivity contribution in [2.75, 3.05) is 33.9 Å². The van der Waals surface area contributed by atoms with E-state index in [1.165, 1.54) is 5.56 Å². The van der Waals surface area contributed by atoms with E-state index in [4.69, 9.17) is 4.74 Å². The molecular formula is C20H27N3O2. The number of aliphatic imine (C=N–C) groups is 1. The molecule has 0 aromatic heterocycles. The molecule has 2 aromatic rings. The number of nitrogens with one attached hydrogen (secondary N) is 2. The van der Waals surface area contributed by atoms with Gasteiger partial charge in [0.15, 0.2) is 5.96 Å². The van der Waals surface area contributed by atoms with Crippen molar-refractivity contribution >= 4 is 5.96 Å². The molecule has 0 aliphatic rings. The summed E-state index contributed by atoms with van der Waals surface area (Å²) >= 11 is 0. The van der Waals surface area contributed by atoms with Crippen LogP contribution in [0.3, 0.4) is 0 Å². The Balaban J connectivity index is 1.78. The van der Waals surface area contributed by atoms with Crippen LogP contribution in [0, 0.1) is 0 Å². The molecule has 5 heteroatoms. The number of aliphatic hydroxyl groups excluding tert-OH is 1. The predicted octanol–water partition coefficient (Wildman–Crippen LogP) is 2.18. The summed E-state index contributed by atoms with van der Waals surface area (Å²) in [7, 11) is 3.42. The van der Waals surface area contributed by atoms with Crippen molar-refractivity contribution in [3.63, 3.8) is 0 Å². The van der Waals surface area contributed by atoms with Crippen LogP contribution in [0.2, 0.25) is 0 Å². The van der Waals surface area contributed by atoms with Gasteiger partial charge >= 0.3 is 0 Å². The molecule has 25 heavy (non-hydrogen) atoms. The van der Waals surface area contributed by atoms with Gasteiger partial charge in [-0.05, 0) is 29.7 Å². The van der Waals surface area contributed by atoms with Crippen LogP contribution in [-0.2, 0) is 6.42 Å². The van der Waals surface area contributed by atoms with Crippen LogP contribution in [0.5, 0.6) is 5.75 Å². The molecule has 3 N–H and O–H groups in total. The summed E-state index contributed by atoms with van der Waals surface area (Å²) in [5.41, 5.74) is 2.35. The Kier molecular flexibility index (Phi) is 7.79. The van der Waals surface area contributed by atoms with Crippen LogP contribution in [-0.4, -0.2) is 44.9 Å². The standard InChI is InChI=1S/C20H27N3O2/c1-21-20(22-13-12-16-8-10-19(25-2)11-9-16)23-14-18(15-24)17-6-4-3-5-7-17/h3-11,18,24H,12-15H2,1-2H3,(H2,21,22,23). The molecule has 0 aliphatic carbocycles. The molecule has 1 unspecified atom stereocenters. The SMILES string of the molecule is CN=C(NCCc1ccc(OC)cc1)NCC(CO)c1ccccc1. The fourth-order valence-corrected chi connectivity index (χ4v) is 2.57. The number of benzene rings is 2. The van der Waals surface area contributed by atoms with E-state index in [1.807, 2.05) is 42.5 Å². The topological polar surface area (TPSA) is 65.9 Å². The zero-order valence-corrected chi connectivity index (χ0v) is 14.9. The molecule has 0 spiro atoms. The third-order valence-corrected chi connectivity index (χ3v) is 4.10. The first-order chi connectivity index (χ1) is 12.3. The number of guanidine groups is 1. The highest BCUT2D eigenvalue weighted by atomic mass is 16.5. The first-order valence-electron chi connectivity index (χ1n) is 8.50. The van der Waals surface area contributed by atoms with E-state index in [0.717, 1.165) is 30.2 Å². The third kappa shape index (κ3) is 6.12. The maximum absolute atomic E-state index is 9.62. The average molecular weight is 341 g/mol. The largest absolute Gasteiger partial charge is 0.497 e. The maximum Gasteiger partial charge on any atom is 0.191 e. The van der Waals surface area contributed by atoms with Gasteiger partial charge < -0.3 is 20.5 Å². The molecule has 0 bridgehead atoms. The van der Waals surface area contributed by atoms with Crippen LogP contribution >= 0.6 is 0 Å². The van der Waals surface area contributed by atoms with E-state index in [2.05, 4.69) is 27.8 Å². The summed E-state index contributed by atoms with van der Waals surface area (Å²) in [5.74, 6) is 1.65. The van der Waals surface area contributed by atoms with Gasteiger partial charge in [-0.25, -0.2) is 0 Å². The fraction of sp³-hybridized carbons (Fsp3) is 0.350. The summed E-state index contributed by atoms with van der Waals surface area (Å²) in [6.45, 7) is 1.50. The quantitative estimate of drug-likeness (QED) is 0.509. The molecule has 0 saturated carbocycles. The van der Waals surface area contributed by atoms with Crippen LogP contribution < -0.4 is 15.4 Å². The van der Waals surface area contributed by atoms with Crippen LogP contribution in [0.1, 0.15) is 17.0 Å². The lowest BCUT2D eigenvalue weighted by Gasteiger charge is -2.18. The number of nitrogens with zero attached hydrogens (tertiary/aromatic N) is 1. The number of methoxy groups -OCH3 is 1. The molecule has 0 amide bonds. The Morgan fingerprint density at radius 1 is 1.08 bits per heavy atom. The number of hydrogen-bond donors (Lipinski definition) is 3. The third-order valence-electron chi connectivity index (χ3n) is 4.10. The highest BCUT2D eigenvalue weighted by Gasteiger charge is 2.10. The Morgan fingerprint density at radius 2 is 1.80 bits per heavy atom. The van der Waals surface area contributed by atoms with Gasteiger partial charge in [-0.3, -0.25) is 4.99 Å². The molecule has 0 heterocycles. The average Bonchev–Trinajstić information content (AvgIpc) is 2.68. The summed E-state index contributed by atoms with van der Waals surface area (Å²) < 4.78 is 5.17. The summed E-state index contributed by atoms with van der Waals surface area (Å²) in [5, 5.41) is 16.2. The lowest BCUT2D eigenvalue weighted by molar-refractivity contribution is 0.265. The van der Waals surface area contributed by atoms with Crippen molar-refractivity contribution in [3.8, 4) is 5.75 Å². The minimum Gasteiger partial charge on any atom is -0.497 e. The van der Waals surface area contributed by atoms with Gasteiger partial charge in [0.05, 0.1) is 13.7 Å². The number of ether oxygens (including phenoxy) is 1. The lowest BCUT2D eigenvalue weighted by atomic mass is 10.0. The molecular weight excluding hydrogens is 314 g/mol. The molecule has 2 rings (SSSR count).